The summed E-state index contributed by atoms with van der Waals surface area (Å²) in [6.07, 6.45) is 5.18. The third kappa shape index (κ3) is 3.30. The van der Waals surface area contributed by atoms with Crippen molar-refractivity contribution in [2.45, 2.75) is 32.2 Å². The minimum Gasteiger partial charge on any atom is -0.464 e. The number of hydrogen-bond acceptors (Lipinski definition) is 6. The van der Waals surface area contributed by atoms with E-state index >= 15 is 0 Å². The van der Waals surface area contributed by atoms with Crippen LogP contribution in [0.2, 0.25) is 0 Å². The summed E-state index contributed by atoms with van der Waals surface area (Å²) >= 11 is 0. The molecule has 122 valence electrons. The predicted molar refractivity (Wildman–Crippen MR) is 81.7 cm³/mol. The largest absolute Gasteiger partial charge is 0.464 e. The number of nitrogens with zero attached hydrogens (tertiary/aromatic N) is 4. The van der Waals surface area contributed by atoms with Gasteiger partial charge in [-0.25, -0.2) is 9.48 Å². The molecule has 1 N–H and O–H groups in total. The quantitative estimate of drug-likeness (QED) is 0.826. The summed E-state index contributed by atoms with van der Waals surface area (Å²) in [5.74, 6) is -0.427. The normalized spacial score (nSPS) is 29.6. The molecule has 2 atom stereocenters. The van der Waals surface area contributed by atoms with Crippen molar-refractivity contribution in [1.29, 1.82) is 0 Å². The molecule has 0 aliphatic carbocycles. The van der Waals surface area contributed by atoms with Gasteiger partial charge in [0, 0.05) is 19.6 Å². The molecule has 3 heterocycles. The summed E-state index contributed by atoms with van der Waals surface area (Å²) in [6.45, 7) is 7.82. The number of rotatable bonds is 4. The van der Waals surface area contributed by atoms with Crippen molar-refractivity contribution in [2.75, 3.05) is 39.8 Å². The molecule has 0 radical (unpaired) electrons. The molecule has 0 bridgehead atoms. The Balaban J connectivity index is 1.62. The lowest BCUT2D eigenvalue weighted by atomic mass is 9.88. The zero-order valence-corrected chi connectivity index (χ0v) is 13.4. The minimum absolute atomic E-state index is 0.284. The average Bonchev–Trinajstić information content (AvgIpc) is 3.16. The highest BCUT2D eigenvalue weighted by Gasteiger charge is 2.33. The van der Waals surface area contributed by atoms with E-state index < -0.39 is 5.97 Å². The number of carbonyl (C=O) groups is 1. The van der Waals surface area contributed by atoms with E-state index in [4.69, 9.17) is 0 Å². The lowest BCUT2D eigenvalue weighted by molar-refractivity contribution is 0.0594. The topological polar surface area (TPSA) is 72.3 Å². The van der Waals surface area contributed by atoms with E-state index in [0.29, 0.717) is 5.41 Å². The molecule has 0 saturated carbocycles. The van der Waals surface area contributed by atoms with Crippen LogP contribution in [0, 0.1) is 5.41 Å². The number of esters is 1. The van der Waals surface area contributed by atoms with Gasteiger partial charge in [0.1, 0.15) is 0 Å². The van der Waals surface area contributed by atoms with Gasteiger partial charge >= 0.3 is 5.97 Å². The zero-order chi connectivity index (χ0) is 15.6. The second-order valence-corrected chi connectivity index (χ2v) is 6.84. The Kier molecular flexibility index (Phi) is 4.44. The van der Waals surface area contributed by atoms with Gasteiger partial charge in [-0.2, -0.15) is 0 Å². The maximum absolute atomic E-state index is 11.5. The molecule has 7 nitrogen and oxygen atoms in total. The van der Waals surface area contributed by atoms with E-state index in [1.807, 2.05) is 4.68 Å². The molecule has 2 fully saturated rings. The van der Waals surface area contributed by atoms with Crippen LogP contribution in [-0.4, -0.2) is 65.7 Å². The summed E-state index contributed by atoms with van der Waals surface area (Å²) < 4.78 is 6.51. The summed E-state index contributed by atoms with van der Waals surface area (Å²) in [5.41, 5.74) is 0.660. The Morgan fingerprint density at radius 2 is 2.45 bits per heavy atom. The van der Waals surface area contributed by atoms with Gasteiger partial charge in [-0.1, -0.05) is 12.1 Å². The lowest BCUT2D eigenvalue weighted by Crippen LogP contribution is -2.43. The smallest absolute Gasteiger partial charge is 0.360 e. The Labute approximate surface area is 131 Å². The van der Waals surface area contributed by atoms with Crippen LogP contribution < -0.4 is 5.32 Å². The monoisotopic (exact) mass is 307 g/mol. The van der Waals surface area contributed by atoms with E-state index in [-0.39, 0.29) is 11.7 Å². The van der Waals surface area contributed by atoms with Gasteiger partial charge in [-0.15, -0.1) is 5.10 Å². The van der Waals surface area contributed by atoms with Crippen LogP contribution >= 0.6 is 0 Å². The fraction of sp³-hybridized carbons (Fsp3) is 0.800. The average molecular weight is 307 g/mol. The van der Waals surface area contributed by atoms with Crippen LogP contribution in [0.4, 0.5) is 0 Å². The maximum atomic E-state index is 11.5. The van der Waals surface area contributed by atoms with Crippen molar-refractivity contribution in [3.8, 4) is 0 Å². The zero-order valence-electron chi connectivity index (χ0n) is 13.4. The summed E-state index contributed by atoms with van der Waals surface area (Å²) in [5, 5.41) is 11.5. The molecule has 2 unspecified atom stereocenters. The molecule has 2 saturated heterocycles. The third-order valence-corrected chi connectivity index (χ3v) is 4.82. The molecular formula is C15H25N5O2. The first-order valence-corrected chi connectivity index (χ1v) is 8.03. The molecule has 0 amide bonds. The van der Waals surface area contributed by atoms with Gasteiger partial charge in [-0.05, 0) is 37.8 Å². The lowest BCUT2D eigenvalue weighted by Gasteiger charge is -2.37. The number of likely N-dealkylation sites (tertiary alicyclic amines) is 1. The first-order valence-electron chi connectivity index (χ1n) is 8.03. The standard InChI is InChI=1S/C15H25N5O2/c1-15(5-6-16-10-15)11-19-7-3-4-12(8-19)20-9-13(17-18-20)14(21)22-2/h9,12,16H,3-8,10-11H2,1-2H3. The Morgan fingerprint density at radius 3 is 3.18 bits per heavy atom. The molecule has 22 heavy (non-hydrogen) atoms. The minimum atomic E-state index is -0.427. The van der Waals surface area contributed by atoms with Gasteiger partial charge in [0.05, 0.1) is 19.3 Å². The molecule has 7 heteroatoms. The molecule has 1 aromatic rings. The maximum Gasteiger partial charge on any atom is 0.360 e. The number of ether oxygens (including phenoxy) is 1. The molecule has 0 spiro atoms. The third-order valence-electron chi connectivity index (χ3n) is 4.82. The fourth-order valence-electron chi connectivity index (χ4n) is 3.59. The van der Waals surface area contributed by atoms with E-state index in [9.17, 15) is 4.79 Å². The second kappa shape index (κ2) is 6.34. The fourth-order valence-corrected chi connectivity index (χ4v) is 3.59. The highest BCUT2D eigenvalue weighted by Crippen LogP contribution is 2.29. The molecule has 3 rings (SSSR count). The SMILES string of the molecule is COC(=O)c1cn(C2CCCN(CC3(C)CCNC3)C2)nn1. The van der Waals surface area contributed by atoms with E-state index in [1.54, 1.807) is 6.20 Å². The van der Waals surface area contributed by atoms with Crippen molar-refractivity contribution in [2.24, 2.45) is 5.41 Å². The Morgan fingerprint density at radius 1 is 1.59 bits per heavy atom. The van der Waals surface area contributed by atoms with Crippen LogP contribution in [0.1, 0.15) is 42.7 Å². The number of piperidine rings is 1. The van der Waals surface area contributed by atoms with Gasteiger partial charge < -0.3 is 15.0 Å². The van der Waals surface area contributed by atoms with E-state index in [1.165, 1.54) is 13.5 Å². The summed E-state index contributed by atoms with van der Waals surface area (Å²) in [4.78, 5) is 14.0. The van der Waals surface area contributed by atoms with Crippen molar-refractivity contribution in [3.05, 3.63) is 11.9 Å². The Bertz CT molecular complexity index is 524. The van der Waals surface area contributed by atoms with Crippen molar-refractivity contribution in [3.63, 3.8) is 0 Å². The summed E-state index contributed by atoms with van der Waals surface area (Å²) in [7, 11) is 1.36. The van der Waals surface area contributed by atoms with Crippen LogP contribution in [0.5, 0.6) is 0 Å². The molecule has 1 aromatic heterocycles. The van der Waals surface area contributed by atoms with Crippen molar-refractivity contribution in [1.82, 2.24) is 25.2 Å². The first kappa shape index (κ1) is 15.4. The summed E-state index contributed by atoms with van der Waals surface area (Å²) in [6, 6.07) is 0.289. The number of methoxy groups -OCH3 is 1. The number of hydrogen-bond donors (Lipinski definition) is 1. The van der Waals surface area contributed by atoms with Gasteiger partial charge in [0.25, 0.3) is 0 Å². The molecule has 2 aliphatic heterocycles. The number of aromatic nitrogens is 3. The van der Waals surface area contributed by atoms with Crippen LogP contribution in [-0.2, 0) is 4.74 Å². The first-order chi connectivity index (χ1) is 10.6. The van der Waals surface area contributed by atoms with Gasteiger partial charge in [0.15, 0.2) is 5.69 Å². The predicted octanol–water partition coefficient (Wildman–Crippen LogP) is 0.701. The highest BCUT2D eigenvalue weighted by molar-refractivity contribution is 5.86. The molecule has 0 aromatic carbocycles. The number of carbonyl (C=O) groups excluding carboxylic acids is 1. The van der Waals surface area contributed by atoms with Crippen LogP contribution in [0.3, 0.4) is 0 Å². The Hall–Kier alpha value is -1.47. The molecular weight excluding hydrogens is 282 g/mol. The van der Waals surface area contributed by atoms with E-state index in [0.717, 1.165) is 45.6 Å². The van der Waals surface area contributed by atoms with E-state index in [2.05, 4.69) is 32.2 Å². The van der Waals surface area contributed by atoms with Crippen LogP contribution in [0.15, 0.2) is 6.20 Å². The number of nitrogens with one attached hydrogen (secondary N) is 1. The van der Waals surface area contributed by atoms with Crippen molar-refractivity contribution >= 4 is 5.97 Å². The molecule has 2 aliphatic rings. The second-order valence-electron chi connectivity index (χ2n) is 6.84. The highest BCUT2D eigenvalue weighted by atomic mass is 16.5. The van der Waals surface area contributed by atoms with Gasteiger partial charge in [0.2, 0.25) is 0 Å². The van der Waals surface area contributed by atoms with Gasteiger partial charge in [-0.3, -0.25) is 0 Å². The van der Waals surface area contributed by atoms with Crippen LogP contribution in [0.25, 0.3) is 0 Å². The van der Waals surface area contributed by atoms with Crippen molar-refractivity contribution < 1.29 is 9.53 Å².